The van der Waals surface area contributed by atoms with Gasteiger partial charge in [-0.25, -0.2) is 4.98 Å². The number of carbonyl (C=O) groups is 1. The van der Waals surface area contributed by atoms with Crippen LogP contribution >= 0.6 is 0 Å². The van der Waals surface area contributed by atoms with E-state index in [4.69, 9.17) is 9.72 Å². The molecule has 2 aromatic carbocycles. The third-order valence-corrected chi connectivity index (χ3v) is 7.03. The van der Waals surface area contributed by atoms with Crippen LogP contribution in [-0.4, -0.2) is 22.1 Å². The highest BCUT2D eigenvalue weighted by atomic mass is 16.5. The van der Waals surface area contributed by atoms with Crippen molar-refractivity contribution in [3.05, 3.63) is 60.4 Å². The third-order valence-electron chi connectivity index (χ3n) is 7.03. The van der Waals surface area contributed by atoms with Crippen LogP contribution in [0.5, 0.6) is 5.75 Å². The molecule has 0 unspecified atom stereocenters. The maximum absolute atomic E-state index is 12.3. The lowest BCUT2D eigenvalue weighted by molar-refractivity contribution is -0.123. The van der Waals surface area contributed by atoms with Crippen LogP contribution in [0.25, 0.3) is 11.0 Å². The fourth-order valence-corrected chi connectivity index (χ4v) is 4.87. The van der Waals surface area contributed by atoms with Gasteiger partial charge in [0.05, 0.1) is 17.6 Å². The first-order valence-electron chi connectivity index (χ1n) is 14.7. The molecular formula is C32H47N3O2. The van der Waals surface area contributed by atoms with Crippen molar-refractivity contribution in [2.24, 2.45) is 0 Å². The van der Waals surface area contributed by atoms with Crippen molar-refractivity contribution in [3.63, 3.8) is 0 Å². The largest absolute Gasteiger partial charge is 0.484 e. The van der Waals surface area contributed by atoms with Crippen molar-refractivity contribution in [1.29, 1.82) is 0 Å². The van der Waals surface area contributed by atoms with Crippen molar-refractivity contribution in [2.45, 2.75) is 110 Å². The van der Waals surface area contributed by atoms with Gasteiger partial charge in [0.15, 0.2) is 6.61 Å². The summed E-state index contributed by atoms with van der Waals surface area (Å²) in [5.41, 5.74) is 2.12. The number of aromatic nitrogens is 2. The Morgan fingerprint density at radius 2 is 1.32 bits per heavy atom. The number of amides is 1. The van der Waals surface area contributed by atoms with Gasteiger partial charge in [-0.15, -0.1) is 0 Å². The lowest BCUT2D eigenvalue weighted by Crippen LogP contribution is -2.29. The second-order valence-electron chi connectivity index (χ2n) is 10.1. The summed E-state index contributed by atoms with van der Waals surface area (Å²) in [6.45, 7) is 3.63. The zero-order valence-electron chi connectivity index (χ0n) is 22.9. The van der Waals surface area contributed by atoms with E-state index in [-0.39, 0.29) is 12.5 Å². The number of nitrogens with one attached hydrogen (secondary N) is 1. The average Bonchev–Trinajstić information content (AvgIpc) is 3.29. The lowest BCUT2D eigenvalue weighted by atomic mass is 10.0. The molecule has 0 atom stereocenters. The number of fused-ring (bicyclic) bond motifs is 1. The number of hydrogen-bond acceptors (Lipinski definition) is 3. The average molecular weight is 506 g/mol. The Balaban J connectivity index is 1.32. The summed E-state index contributed by atoms with van der Waals surface area (Å²) in [6.07, 6.45) is 19.0. The number of carbonyl (C=O) groups excluding carboxylic acids is 1. The molecule has 0 saturated heterocycles. The molecule has 1 heterocycles. The Labute approximate surface area is 224 Å². The fraction of sp³-hybridized carbons (Fsp3) is 0.562. The first-order chi connectivity index (χ1) is 18.3. The summed E-state index contributed by atoms with van der Waals surface area (Å²) in [6, 6.07) is 17.7. The van der Waals surface area contributed by atoms with Gasteiger partial charge in [0.1, 0.15) is 11.6 Å². The molecule has 37 heavy (non-hydrogen) atoms. The van der Waals surface area contributed by atoms with Gasteiger partial charge in [-0.2, -0.15) is 0 Å². The summed E-state index contributed by atoms with van der Waals surface area (Å²) >= 11 is 0. The Hall–Kier alpha value is -2.82. The predicted octanol–water partition coefficient (Wildman–Crippen LogP) is 8.21. The van der Waals surface area contributed by atoms with Crippen LogP contribution in [0.15, 0.2) is 54.6 Å². The van der Waals surface area contributed by atoms with E-state index in [0.29, 0.717) is 12.3 Å². The van der Waals surface area contributed by atoms with Gasteiger partial charge in [0, 0.05) is 6.54 Å². The van der Waals surface area contributed by atoms with Gasteiger partial charge < -0.3 is 14.6 Å². The number of rotatable bonds is 20. The Morgan fingerprint density at radius 3 is 1.97 bits per heavy atom. The van der Waals surface area contributed by atoms with E-state index in [1.54, 1.807) is 0 Å². The van der Waals surface area contributed by atoms with E-state index in [9.17, 15) is 4.79 Å². The smallest absolute Gasteiger partial charge is 0.258 e. The monoisotopic (exact) mass is 505 g/mol. The quantitative estimate of drug-likeness (QED) is 0.157. The number of hydrogen-bond donors (Lipinski definition) is 1. The van der Waals surface area contributed by atoms with Crippen molar-refractivity contribution in [3.8, 4) is 5.75 Å². The number of para-hydroxylation sites is 3. The van der Waals surface area contributed by atoms with Crippen molar-refractivity contribution < 1.29 is 9.53 Å². The molecule has 0 aliphatic rings. The maximum atomic E-state index is 12.3. The highest BCUT2D eigenvalue weighted by molar-refractivity contribution is 5.78. The summed E-state index contributed by atoms with van der Waals surface area (Å²) in [4.78, 5) is 17.1. The number of ether oxygens (including phenoxy) is 1. The summed E-state index contributed by atoms with van der Waals surface area (Å²) < 4.78 is 7.83. The molecule has 202 valence electrons. The molecule has 3 aromatic rings. The maximum Gasteiger partial charge on any atom is 0.258 e. The third kappa shape index (κ3) is 11.0. The number of nitrogens with zero attached hydrogens (tertiary/aromatic N) is 2. The molecule has 1 aromatic heterocycles. The molecule has 3 rings (SSSR count). The molecule has 1 amide bonds. The normalized spacial score (nSPS) is 11.2. The highest BCUT2D eigenvalue weighted by Gasteiger charge is 2.12. The number of imidazole rings is 1. The first kappa shape index (κ1) is 28.7. The van der Waals surface area contributed by atoms with Crippen LogP contribution in [0.4, 0.5) is 0 Å². The van der Waals surface area contributed by atoms with Gasteiger partial charge in [-0.05, 0) is 30.7 Å². The molecule has 5 nitrogen and oxygen atoms in total. The fourth-order valence-electron chi connectivity index (χ4n) is 4.87. The lowest BCUT2D eigenvalue weighted by Gasteiger charge is -2.11. The zero-order chi connectivity index (χ0) is 26.0. The molecule has 0 bridgehead atoms. The minimum absolute atomic E-state index is 0.00318. The Morgan fingerprint density at radius 1 is 0.757 bits per heavy atom. The summed E-state index contributed by atoms with van der Waals surface area (Å²) in [5.74, 6) is 1.46. The van der Waals surface area contributed by atoms with E-state index in [1.165, 1.54) is 83.5 Å². The second-order valence-corrected chi connectivity index (χ2v) is 10.1. The van der Waals surface area contributed by atoms with Gasteiger partial charge in [0.2, 0.25) is 0 Å². The van der Waals surface area contributed by atoms with Gasteiger partial charge in [0.25, 0.3) is 5.91 Å². The first-order valence-corrected chi connectivity index (χ1v) is 14.7. The summed E-state index contributed by atoms with van der Waals surface area (Å²) in [7, 11) is 0. The molecule has 0 aliphatic heterocycles. The van der Waals surface area contributed by atoms with Crippen LogP contribution in [-0.2, 0) is 17.9 Å². The number of unbranched alkanes of at least 4 members (excludes halogenated alkanes) is 13. The Bertz CT molecular complexity index is 1020. The van der Waals surface area contributed by atoms with Crippen molar-refractivity contribution in [2.75, 3.05) is 6.61 Å². The second kappa shape index (κ2) is 17.6. The molecular weight excluding hydrogens is 458 g/mol. The minimum Gasteiger partial charge on any atom is -0.484 e. The van der Waals surface area contributed by atoms with Crippen LogP contribution in [0.1, 0.15) is 103 Å². The molecule has 1 N–H and O–H groups in total. The van der Waals surface area contributed by atoms with Gasteiger partial charge in [-0.1, -0.05) is 121 Å². The topological polar surface area (TPSA) is 56.2 Å². The van der Waals surface area contributed by atoms with Crippen LogP contribution in [0.3, 0.4) is 0 Å². The highest BCUT2D eigenvalue weighted by Crippen LogP contribution is 2.18. The van der Waals surface area contributed by atoms with Crippen LogP contribution < -0.4 is 10.1 Å². The molecule has 0 fully saturated rings. The minimum atomic E-state index is -0.140. The SMILES string of the molecule is CCCCCCCCCCCCCCCCn1c(CNC(=O)COc2ccccc2)nc2ccccc21. The van der Waals surface area contributed by atoms with Crippen LogP contribution in [0, 0.1) is 0 Å². The molecule has 0 aliphatic carbocycles. The van der Waals surface area contributed by atoms with E-state index >= 15 is 0 Å². The van der Waals surface area contributed by atoms with Crippen LogP contribution in [0.2, 0.25) is 0 Å². The summed E-state index contributed by atoms with van der Waals surface area (Å²) in [5, 5.41) is 2.98. The number of aryl methyl sites for hydroxylation is 1. The zero-order valence-corrected chi connectivity index (χ0v) is 22.9. The van der Waals surface area contributed by atoms with Crippen molar-refractivity contribution in [1.82, 2.24) is 14.9 Å². The predicted molar refractivity (Wildman–Crippen MR) is 154 cm³/mol. The van der Waals surface area contributed by atoms with Crippen molar-refractivity contribution >= 4 is 16.9 Å². The van der Waals surface area contributed by atoms with Gasteiger partial charge >= 0.3 is 0 Å². The van der Waals surface area contributed by atoms with E-state index in [2.05, 4.69) is 28.9 Å². The van der Waals surface area contributed by atoms with Gasteiger partial charge in [-0.3, -0.25) is 4.79 Å². The van der Waals surface area contributed by atoms with E-state index in [1.807, 2.05) is 42.5 Å². The number of benzene rings is 2. The molecule has 5 heteroatoms. The molecule has 0 radical (unpaired) electrons. The van der Waals surface area contributed by atoms with E-state index in [0.717, 1.165) is 29.8 Å². The standard InChI is InChI=1S/C32H47N3O2/c1-2-3-4-5-6-7-8-9-10-11-12-13-14-20-25-35-30-24-19-18-23-29(30)34-31(35)26-33-32(36)27-37-28-21-16-15-17-22-28/h15-19,21-24H,2-14,20,25-27H2,1H3,(H,33,36). The Kier molecular flexibility index (Phi) is 13.7. The van der Waals surface area contributed by atoms with E-state index < -0.39 is 0 Å². The molecule has 0 saturated carbocycles. The molecule has 0 spiro atoms.